The van der Waals surface area contributed by atoms with Crippen LogP contribution in [0.15, 0.2) is 24.3 Å². The summed E-state index contributed by atoms with van der Waals surface area (Å²) >= 11 is 0. The Kier molecular flexibility index (Phi) is 1.71. The topological polar surface area (TPSA) is 43.1 Å². The summed E-state index contributed by atoms with van der Waals surface area (Å²) in [4.78, 5) is 10.7. The minimum Gasteiger partial charge on any atom is -0.399 e. The average molecular weight is 134 g/mol. The molecule has 0 aliphatic rings. The lowest BCUT2D eigenvalue weighted by molar-refractivity contribution is 0.101. The van der Waals surface area contributed by atoms with Gasteiger partial charge in [0.25, 0.3) is 0 Å². The fourth-order valence-electron chi connectivity index (χ4n) is 0.718. The molecule has 0 heterocycles. The van der Waals surface area contributed by atoms with E-state index < -0.39 is 0 Å². The first-order valence-corrected chi connectivity index (χ1v) is 3.06. The quantitative estimate of drug-likeness (QED) is 0.467. The zero-order valence-electron chi connectivity index (χ0n) is 5.79. The van der Waals surface area contributed by atoms with Gasteiger partial charge >= 0.3 is 0 Å². The lowest BCUT2D eigenvalue weighted by atomic mass is 10.0. The summed E-state index contributed by atoms with van der Waals surface area (Å²) in [6, 6.07) is 6.88. The Hall–Kier alpha value is -1.31. The molecular weight excluding hydrogens is 125 g/mol. The van der Waals surface area contributed by atoms with Crippen molar-refractivity contribution in [3.05, 3.63) is 29.8 Å². The molecule has 2 nitrogen and oxygen atoms in total. The maximum Gasteiger partial charge on any atom is 0.159 e. The van der Waals surface area contributed by atoms with Gasteiger partial charge in [-0.3, -0.25) is 4.79 Å². The summed E-state index contributed by atoms with van der Waals surface area (Å²) in [6.07, 6.45) is 0. The first-order valence-electron chi connectivity index (χ1n) is 3.06. The van der Waals surface area contributed by atoms with E-state index in [0.717, 1.165) is 0 Å². The third-order valence-corrected chi connectivity index (χ3v) is 1.32. The smallest absolute Gasteiger partial charge is 0.159 e. The number of hydrogen-bond acceptors (Lipinski definition) is 2. The lowest BCUT2D eigenvalue weighted by Gasteiger charge is -1.94. The molecule has 10 heavy (non-hydrogen) atoms. The molecule has 0 saturated carbocycles. The SMILES string of the molecule is [11CH3]C(=O)c1ccc(N)cc1. The minimum atomic E-state index is 0.0694. The molecule has 52 valence electrons. The minimum absolute atomic E-state index is 0.0694. The van der Waals surface area contributed by atoms with Gasteiger partial charge in [-0.05, 0) is 31.2 Å². The van der Waals surface area contributed by atoms with E-state index in [9.17, 15) is 4.79 Å². The number of ketones is 1. The van der Waals surface area contributed by atoms with Crippen molar-refractivity contribution in [3.8, 4) is 0 Å². The van der Waals surface area contributed by atoms with Crippen LogP contribution in [0.3, 0.4) is 0 Å². The number of benzene rings is 1. The average Bonchev–Trinajstić information content (AvgIpc) is 1.88. The molecule has 0 radical (unpaired) electrons. The van der Waals surface area contributed by atoms with Gasteiger partial charge < -0.3 is 5.73 Å². The van der Waals surface area contributed by atoms with Gasteiger partial charge in [0.15, 0.2) is 5.78 Å². The van der Waals surface area contributed by atoms with Crippen LogP contribution in [0, 0.1) is 0 Å². The Morgan fingerprint density at radius 1 is 1.30 bits per heavy atom. The molecule has 0 amide bonds. The Labute approximate surface area is 59.7 Å². The van der Waals surface area contributed by atoms with Crippen molar-refractivity contribution >= 4 is 11.5 Å². The van der Waals surface area contributed by atoms with Crippen LogP contribution < -0.4 is 5.73 Å². The number of nitrogens with two attached hydrogens (primary N) is 1. The Morgan fingerprint density at radius 2 is 1.80 bits per heavy atom. The number of carbonyl (C=O) groups is 1. The van der Waals surface area contributed by atoms with Crippen molar-refractivity contribution in [2.75, 3.05) is 5.73 Å². The molecule has 0 spiro atoms. The van der Waals surface area contributed by atoms with Gasteiger partial charge in [0, 0.05) is 11.3 Å². The summed E-state index contributed by atoms with van der Waals surface area (Å²) < 4.78 is 0. The van der Waals surface area contributed by atoms with Crippen LogP contribution in [0.25, 0.3) is 0 Å². The lowest BCUT2D eigenvalue weighted by Crippen LogP contribution is -1.91. The van der Waals surface area contributed by atoms with E-state index in [1.165, 1.54) is 6.92 Å². The van der Waals surface area contributed by atoms with Crippen molar-refractivity contribution in [1.82, 2.24) is 0 Å². The van der Waals surface area contributed by atoms with E-state index in [2.05, 4.69) is 0 Å². The fraction of sp³-hybridized carbons (Fsp3) is 0.125. The second kappa shape index (κ2) is 2.52. The molecule has 2 N–H and O–H groups in total. The molecule has 0 bridgehead atoms. The van der Waals surface area contributed by atoms with Crippen LogP contribution in [0.5, 0.6) is 0 Å². The van der Waals surface area contributed by atoms with Crippen LogP contribution in [0.1, 0.15) is 17.3 Å². The van der Waals surface area contributed by atoms with E-state index in [1.54, 1.807) is 24.3 Å². The number of hydrogen-bond donors (Lipinski definition) is 1. The Bertz CT molecular complexity index is 238. The van der Waals surface area contributed by atoms with Crippen LogP contribution in [-0.4, -0.2) is 5.78 Å². The van der Waals surface area contributed by atoms with E-state index >= 15 is 0 Å². The van der Waals surface area contributed by atoms with Gasteiger partial charge in [-0.2, -0.15) is 0 Å². The zero-order chi connectivity index (χ0) is 7.56. The zero-order valence-corrected chi connectivity index (χ0v) is 5.79. The maximum atomic E-state index is 10.7. The fourth-order valence-corrected chi connectivity index (χ4v) is 0.718. The molecule has 1 aromatic rings. The largest absolute Gasteiger partial charge is 0.399 e. The number of carbonyl (C=O) groups excluding carboxylic acids is 1. The summed E-state index contributed by atoms with van der Waals surface area (Å²) in [5.74, 6) is 0.0694. The van der Waals surface area contributed by atoms with E-state index in [4.69, 9.17) is 5.73 Å². The first kappa shape index (κ1) is 6.81. The molecule has 0 aromatic heterocycles. The maximum absolute atomic E-state index is 10.7. The molecule has 1 aromatic carbocycles. The number of rotatable bonds is 1. The van der Waals surface area contributed by atoms with Crippen molar-refractivity contribution in [3.63, 3.8) is 0 Å². The van der Waals surface area contributed by atoms with Crippen molar-refractivity contribution in [2.24, 2.45) is 0 Å². The number of anilines is 1. The first-order chi connectivity index (χ1) is 4.70. The van der Waals surface area contributed by atoms with Crippen LogP contribution >= 0.6 is 0 Å². The van der Waals surface area contributed by atoms with E-state index in [0.29, 0.717) is 11.3 Å². The Morgan fingerprint density at radius 3 is 2.20 bits per heavy atom. The normalized spacial score (nSPS) is 9.30. The van der Waals surface area contributed by atoms with Crippen LogP contribution in [0.2, 0.25) is 0 Å². The van der Waals surface area contributed by atoms with Crippen molar-refractivity contribution < 1.29 is 4.79 Å². The molecule has 0 saturated heterocycles. The molecule has 0 aliphatic heterocycles. The summed E-state index contributed by atoms with van der Waals surface area (Å²) in [6.45, 7) is 1.53. The van der Waals surface area contributed by atoms with E-state index in [1.807, 2.05) is 0 Å². The van der Waals surface area contributed by atoms with Crippen LogP contribution in [0.4, 0.5) is 5.69 Å². The van der Waals surface area contributed by atoms with E-state index in [-0.39, 0.29) is 5.78 Å². The van der Waals surface area contributed by atoms with Gasteiger partial charge in [-0.15, -0.1) is 0 Å². The van der Waals surface area contributed by atoms with Gasteiger partial charge in [0.1, 0.15) is 0 Å². The molecule has 0 aliphatic carbocycles. The highest BCUT2D eigenvalue weighted by atomic mass is 16.1. The number of nitrogen functional groups attached to an aromatic ring is 1. The molecule has 0 atom stereocenters. The summed E-state index contributed by atoms with van der Waals surface area (Å²) in [5.41, 5.74) is 6.80. The monoisotopic (exact) mass is 134 g/mol. The second-order valence-electron chi connectivity index (χ2n) is 2.18. The predicted molar refractivity (Wildman–Crippen MR) is 40.9 cm³/mol. The van der Waals surface area contributed by atoms with Crippen LogP contribution in [-0.2, 0) is 0 Å². The van der Waals surface area contributed by atoms with Gasteiger partial charge in [-0.25, -0.2) is 0 Å². The highest BCUT2D eigenvalue weighted by Crippen LogP contribution is 2.05. The van der Waals surface area contributed by atoms with Crippen molar-refractivity contribution in [1.29, 1.82) is 0 Å². The second-order valence-corrected chi connectivity index (χ2v) is 2.18. The molecule has 2 heteroatoms. The molecular formula is C8H9NO. The van der Waals surface area contributed by atoms with Gasteiger partial charge in [-0.1, -0.05) is 0 Å². The summed E-state index contributed by atoms with van der Waals surface area (Å²) in [7, 11) is 0. The molecule has 0 unspecified atom stereocenters. The third kappa shape index (κ3) is 1.35. The summed E-state index contributed by atoms with van der Waals surface area (Å²) in [5, 5.41) is 0. The predicted octanol–water partition coefficient (Wildman–Crippen LogP) is 1.47. The highest BCUT2D eigenvalue weighted by Gasteiger charge is 1.95. The standard InChI is InChI=1S/C8H9NO/c1-6(10)7-2-4-8(9)5-3-7/h2-5H,9H2,1H3/i1-1. The molecule has 0 fully saturated rings. The Balaban J connectivity index is 3.00. The van der Waals surface area contributed by atoms with Gasteiger partial charge in [0.2, 0.25) is 0 Å². The molecule has 1 rings (SSSR count). The van der Waals surface area contributed by atoms with Gasteiger partial charge in [0.05, 0.1) is 0 Å². The third-order valence-electron chi connectivity index (χ3n) is 1.32. The number of Topliss-reactive ketones (excluding diaryl/α,β-unsaturated/α-hetero) is 1. The van der Waals surface area contributed by atoms with Crippen molar-refractivity contribution in [2.45, 2.75) is 6.92 Å². The highest BCUT2D eigenvalue weighted by molar-refractivity contribution is 5.94.